The van der Waals surface area contributed by atoms with Gasteiger partial charge in [-0.25, -0.2) is 0 Å². The standard InChI is InChI=1S/C14H19N3O.ClH/c1-4-17-10-14(11(2)16-17)15-9-12-5-7-13(18-3)8-6-12;/h5-8,10,15H,4,9H2,1-3H3;1H. The highest BCUT2D eigenvalue weighted by Crippen LogP contribution is 2.15. The van der Waals surface area contributed by atoms with Crippen molar-refractivity contribution < 1.29 is 4.74 Å². The number of halogens is 1. The predicted molar refractivity (Wildman–Crippen MR) is 80.2 cm³/mol. The van der Waals surface area contributed by atoms with E-state index in [0.29, 0.717) is 0 Å². The number of anilines is 1. The van der Waals surface area contributed by atoms with Crippen LogP contribution in [0.15, 0.2) is 30.5 Å². The van der Waals surface area contributed by atoms with Gasteiger partial charge in [0.15, 0.2) is 0 Å². The molecule has 0 spiro atoms. The van der Waals surface area contributed by atoms with Gasteiger partial charge in [-0.05, 0) is 31.5 Å². The normalized spacial score (nSPS) is 9.84. The summed E-state index contributed by atoms with van der Waals surface area (Å²) in [6.45, 7) is 5.79. The minimum atomic E-state index is 0. The van der Waals surface area contributed by atoms with Crippen molar-refractivity contribution in [1.82, 2.24) is 9.78 Å². The Kier molecular flexibility index (Phi) is 5.70. The van der Waals surface area contributed by atoms with Crippen LogP contribution in [0, 0.1) is 6.92 Å². The summed E-state index contributed by atoms with van der Waals surface area (Å²) < 4.78 is 7.07. The summed E-state index contributed by atoms with van der Waals surface area (Å²) >= 11 is 0. The quantitative estimate of drug-likeness (QED) is 0.914. The molecule has 0 unspecified atom stereocenters. The molecule has 19 heavy (non-hydrogen) atoms. The third-order valence-corrected chi connectivity index (χ3v) is 2.91. The van der Waals surface area contributed by atoms with Gasteiger partial charge in [-0.1, -0.05) is 12.1 Å². The molecule has 5 heteroatoms. The highest BCUT2D eigenvalue weighted by molar-refractivity contribution is 5.85. The largest absolute Gasteiger partial charge is 0.497 e. The number of nitrogens with one attached hydrogen (secondary N) is 1. The maximum Gasteiger partial charge on any atom is 0.118 e. The zero-order valence-electron chi connectivity index (χ0n) is 11.5. The first-order chi connectivity index (χ1) is 8.72. The fourth-order valence-electron chi connectivity index (χ4n) is 1.79. The average Bonchev–Trinajstić information content (AvgIpc) is 2.77. The van der Waals surface area contributed by atoms with Gasteiger partial charge >= 0.3 is 0 Å². The summed E-state index contributed by atoms with van der Waals surface area (Å²) in [5.74, 6) is 0.883. The molecule has 2 rings (SSSR count). The maximum absolute atomic E-state index is 5.14. The summed E-state index contributed by atoms with van der Waals surface area (Å²) in [4.78, 5) is 0. The minimum Gasteiger partial charge on any atom is -0.497 e. The molecule has 4 nitrogen and oxygen atoms in total. The van der Waals surface area contributed by atoms with Crippen LogP contribution in [-0.4, -0.2) is 16.9 Å². The molecule has 0 fully saturated rings. The number of ether oxygens (including phenoxy) is 1. The van der Waals surface area contributed by atoms with Crippen LogP contribution in [0.3, 0.4) is 0 Å². The van der Waals surface area contributed by atoms with Crippen molar-refractivity contribution in [2.45, 2.75) is 26.9 Å². The van der Waals surface area contributed by atoms with E-state index < -0.39 is 0 Å². The average molecular weight is 282 g/mol. The fraction of sp³-hybridized carbons (Fsp3) is 0.357. The second-order valence-electron chi connectivity index (χ2n) is 4.19. The molecule has 0 bridgehead atoms. The Labute approximate surface area is 120 Å². The van der Waals surface area contributed by atoms with E-state index in [-0.39, 0.29) is 12.4 Å². The molecule has 0 amide bonds. The Morgan fingerprint density at radius 2 is 1.95 bits per heavy atom. The lowest BCUT2D eigenvalue weighted by atomic mass is 10.2. The Morgan fingerprint density at radius 1 is 1.26 bits per heavy atom. The molecule has 0 saturated carbocycles. The number of methoxy groups -OCH3 is 1. The van der Waals surface area contributed by atoms with Crippen molar-refractivity contribution in [2.24, 2.45) is 0 Å². The lowest BCUT2D eigenvalue weighted by Crippen LogP contribution is -1.99. The van der Waals surface area contributed by atoms with E-state index >= 15 is 0 Å². The molecule has 2 aromatic rings. The van der Waals surface area contributed by atoms with Crippen molar-refractivity contribution in [2.75, 3.05) is 12.4 Å². The lowest BCUT2D eigenvalue weighted by molar-refractivity contribution is 0.414. The van der Waals surface area contributed by atoms with Gasteiger partial charge in [-0.3, -0.25) is 4.68 Å². The first kappa shape index (κ1) is 15.4. The van der Waals surface area contributed by atoms with Crippen LogP contribution in [0.1, 0.15) is 18.2 Å². The van der Waals surface area contributed by atoms with Crippen LogP contribution < -0.4 is 10.1 Å². The molecule has 1 aromatic heterocycles. The Morgan fingerprint density at radius 3 is 2.47 bits per heavy atom. The van der Waals surface area contributed by atoms with E-state index in [9.17, 15) is 0 Å². The smallest absolute Gasteiger partial charge is 0.118 e. The van der Waals surface area contributed by atoms with Crippen molar-refractivity contribution in [3.8, 4) is 5.75 Å². The van der Waals surface area contributed by atoms with Gasteiger partial charge in [0.25, 0.3) is 0 Å². The van der Waals surface area contributed by atoms with Crippen LogP contribution in [-0.2, 0) is 13.1 Å². The molecule has 1 N–H and O–H groups in total. The number of benzene rings is 1. The van der Waals surface area contributed by atoms with Gasteiger partial charge in [0, 0.05) is 19.3 Å². The zero-order valence-corrected chi connectivity index (χ0v) is 12.3. The first-order valence-corrected chi connectivity index (χ1v) is 6.13. The van der Waals surface area contributed by atoms with Gasteiger partial charge in [-0.2, -0.15) is 5.10 Å². The molecular formula is C14H20ClN3O. The highest BCUT2D eigenvalue weighted by atomic mass is 35.5. The lowest BCUT2D eigenvalue weighted by Gasteiger charge is -2.06. The van der Waals surface area contributed by atoms with Crippen LogP contribution >= 0.6 is 12.4 Å². The second kappa shape index (κ2) is 7.04. The van der Waals surface area contributed by atoms with Crippen molar-refractivity contribution in [1.29, 1.82) is 0 Å². The van der Waals surface area contributed by atoms with E-state index in [1.165, 1.54) is 5.56 Å². The molecule has 0 radical (unpaired) electrons. The molecule has 0 atom stereocenters. The van der Waals surface area contributed by atoms with E-state index in [1.807, 2.05) is 29.9 Å². The van der Waals surface area contributed by atoms with E-state index in [0.717, 1.165) is 30.2 Å². The summed E-state index contributed by atoms with van der Waals surface area (Å²) in [6.07, 6.45) is 2.04. The number of aryl methyl sites for hydroxylation is 2. The van der Waals surface area contributed by atoms with E-state index in [4.69, 9.17) is 4.74 Å². The Balaban J connectivity index is 0.00000180. The van der Waals surface area contributed by atoms with Crippen LogP contribution in [0.4, 0.5) is 5.69 Å². The van der Waals surface area contributed by atoms with Crippen LogP contribution in [0.25, 0.3) is 0 Å². The zero-order chi connectivity index (χ0) is 13.0. The SMILES string of the molecule is CCn1cc(NCc2ccc(OC)cc2)c(C)n1.Cl. The van der Waals surface area contributed by atoms with E-state index in [2.05, 4.69) is 29.5 Å². The van der Waals surface area contributed by atoms with Gasteiger partial charge in [0.05, 0.1) is 18.5 Å². The topological polar surface area (TPSA) is 39.1 Å². The maximum atomic E-state index is 5.14. The minimum absolute atomic E-state index is 0. The Bertz CT molecular complexity index is 508. The monoisotopic (exact) mass is 281 g/mol. The Hall–Kier alpha value is -1.68. The van der Waals surface area contributed by atoms with Crippen LogP contribution in [0.5, 0.6) is 5.75 Å². The molecule has 0 aliphatic rings. The highest BCUT2D eigenvalue weighted by Gasteiger charge is 2.03. The van der Waals surface area contributed by atoms with Gasteiger partial charge < -0.3 is 10.1 Å². The van der Waals surface area contributed by atoms with Gasteiger partial charge in [0.2, 0.25) is 0 Å². The molecule has 0 saturated heterocycles. The third kappa shape index (κ3) is 3.89. The number of rotatable bonds is 5. The molecule has 1 aromatic carbocycles. The molecule has 0 aliphatic carbocycles. The number of hydrogen-bond acceptors (Lipinski definition) is 3. The van der Waals surface area contributed by atoms with Crippen molar-refractivity contribution in [3.63, 3.8) is 0 Å². The summed E-state index contributed by atoms with van der Waals surface area (Å²) in [5.41, 5.74) is 3.34. The summed E-state index contributed by atoms with van der Waals surface area (Å²) in [5, 5.41) is 7.80. The van der Waals surface area contributed by atoms with Crippen LogP contribution in [0.2, 0.25) is 0 Å². The summed E-state index contributed by atoms with van der Waals surface area (Å²) in [7, 11) is 1.68. The summed E-state index contributed by atoms with van der Waals surface area (Å²) in [6, 6.07) is 8.06. The number of nitrogens with zero attached hydrogens (tertiary/aromatic N) is 2. The van der Waals surface area contributed by atoms with Crippen molar-refractivity contribution >= 4 is 18.1 Å². The number of hydrogen-bond donors (Lipinski definition) is 1. The predicted octanol–water partition coefficient (Wildman–Crippen LogP) is 3.25. The molecule has 104 valence electrons. The van der Waals surface area contributed by atoms with Gasteiger partial charge in [0.1, 0.15) is 5.75 Å². The second-order valence-corrected chi connectivity index (χ2v) is 4.19. The molecular weight excluding hydrogens is 262 g/mol. The van der Waals surface area contributed by atoms with E-state index in [1.54, 1.807) is 7.11 Å². The molecule has 0 aliphatic heterocycles. The third-order valence-electron chi connectivity index (χ3n) is 2.91. The van der Waals surface area contributed by atoms with Crippen molar-refractivity contribution in [3.05, 3.63) is 41.7 Å². The first-order valence-electron chi connectivity index (χ1n) is 6.13. The number of aromatic nitrogens is 2. The molecule has 1 heterocycles. The van der Waals surface area contributed by atoms with Gasteiger partial charge in [-0.15, -0.1) is 12.4 Å². The fourth-order valence-corrected chi connectivity index (χ4v) is 1.79.